The lowest BCUT2D eigenvalue weighted by Crippen LogP contribution is -2.09. The van der Waals surface area contributed by atoms with Crippen LogP contribution in [0.25, 0.3) is 22.6 Å². The maximum atomic E-state index is 6.15. The molecule has 2 heterocycles. The number of halogens is 1. The minimum atomic E-state index is 0.569. The Morgan fingerprint density at radius 3 is 2.88 bits per heavy atom. The van der Waals surface area contributed by atoms with Crippen molar-refractivity contribution < 1.29 is 4.74 Å². The van der Waals surface area contributed by atoms with Gasteiger partial charge in [-0.2, -0.15) is 0 Å². The summed E-state index contributed by atoms with van der Waals surface area (Å²) >= 11 is 6.15. The number of hydrogen-bond acceptors (Lipinski definition) is 5. The second-order valence-electron chi connectivity index (χ2n) is 5.60. The van der Waals surface area contributed by atoms with E-state index < -0.39 is 0 Å². The van der Waals surface area contributed by atoms with Crippen LogP contribution in [0.1, 0.15) is 6.42 Å². The first-order valence-corrected chi connectivity index (χ1v) is 8.40. The van der Waals surface area contributed by atoms with Crippen molar-refractivity contribution in [3.05, 3.63) is 47.9 Å². The number of benzene rings is 1. The van der Waals surface area contributed by atoms with E-state index in [2.05, 4.69) is 15.3 Å². The molecule has 0 spiro atoms. The van der Waals surface area contributed by atoms with Crippen molar-refractivity contribution in [2.75, 3.05) is 25.6 Å². The van der Waals surface area contributed by atoms with Gasteiger partial charge in [0.25, 0.3) is 0 Å². The predicted molar refractivity (Wildman–Crippen MR) is 99.7 cm³/mol. The van der Waals surface area contributed by atoms with Gasteiger partial charge in [-0.1, -0.05) is 23.7 Å². The average molecular weight is 358 g/mol. The summed E-state index contributed by atoms with van der Waals surface area (Å²) in [7, 11) is 3.63. The molecule has 3 aromatic rings. The molecule has 0 saturated carbocycles. The van der Waals surface area contributed by atoms with Gasteiger partial charge in [-0.25, -0.2) is 15.0 Å². The molecule has 1 N–H and O–H groups in total. The number of hydrogen-bond donors (Lipinski definition) is 1. The highest BCUT2D eigenvalue weighted by molar-refractivity contribution is 6.30. The monoisotopic (exact) mass is 357 g/mol. The molecule has 0 unspecified atom stereocenters. The van der Waals surface area contributed by atoms with Crippen molar-refractivity contribution in [1.82, 2.24) is 19.5 Å². The summed E-state index contributed by atoms with van der Waals surface area (Å²) in [4.78, 5) is 13.6. The molecule has 0 aliphatic carbocycles. The Balaban J connectivity index is 1.99. The third-order valence-corrected chi connectivity index (χ3v) is 4.00. The number of anilines is 1. The summed E-state index contributed by atoms with van der Waals surface area (Å²) in [5, 5.41) is 3.90. The van der Waals surface area contributed by atoms with Crippen LogP contribution in [0.5, 0.6) is 0 Å². The zero-order chi connectivity index (χ0) is 17.6. The fourth-order valence-corrected chi connectivity index (χ4v) is 2.71. The molecule has 1 aromatic carbocycles. The van der Waals surface area contributed by atoms with E-state index in [1.807, 2.05) is 42.1 Å². The van der Waals surface area contributed by atoms with Crippen LogP contribution < -0.4 is 5.32 Å². The van der Waals surface area contributed by atoms with Gasteiger partial charge in [0.2, 0.25) is 5.95 Å². The van der Waals surface area contributed by atoms with Crippen LogP contribution in [0.4, 0.5) is 5.95 Å². The normalized spacial score (nSPS) is 10.8. The van der Waals surface area contributed by atoms with Crippen LogP contribution in [-0.4, -0.2) is 39.8 Å². The van der Waals surface area contributed by atoms with Crippen molar-refractivity contribution in [1.29, 1.82) is 0 Å². The first kappa shape index (κ1) is 17.4. The van der Waals surface area contributed by atoms with Gasteiger partial charge in [-0.15, -0.1) is 0 Å². The van der Waals surface area contributed by atoms with E-state index in [1.165, 1.54) is 0 Å². The fourth-order valence-electron chi connectivity index (χ4n) is 2.52. The van der Waals surface area contributed by atoms with Crippen LogP contribution in [0.3, 0.4) is 0 Å². The van der Waals surface area contributed by atoms with Crippen LogP contribution in [0, 0.1) is 0 Å². The van der Waals surface area contributed by atoms with E-state index in [1.54, 1.807) is 19.5 Å². The van der Waals surface area contributed by atoms with Gasteiger partial charge in [0.1, 0.15) is 5.69 Å². The Labute approximate surface area is 151 Å². The predicted octanol–water partition coefficient (Wildman–Crippen LogP) is 3.65. The molecule has 25 heavy (non-hydrogen) atoms. The van der Waals surface area contributed by atoms with Gasteiger partial charge in [0.05, 0.1) is 0 Å². The molecule has 0 bridgehead atoms. The lowest BCUT2D eigenvalue weighted by atomic mass is 10.1. The molecule has 0 amide bonds. The van der Waals surface area contributed by atoms with Crippen molar-refractivity contribution in [3.63, 3.8) is 0 Å². The minimum Gasteiger partial charge on any atom is -0.385 e. The molecule has 0 aliphatic heterocycles. The van der Waals surface area contributed by atoms with Crippen LogP contribution in [0.15, 0.2) is 42.9 Å². The highest BCUT2D eigenvalue weighted by atomic mass is 35.5. The molecule has 0 radical (unpaired) electrons. The van der Waals surface area contributed by atoms with Gasteiger partial charge in [-0.05, 0) is 24.1 Å². The van der Waals surface area contributed by atoms with Gasteiger partial charge < -0.3 is 14.6 Å². The molecule has 7 heteroatoms. The number of nitrogens with zero attached hydrogens (tertiary/aromatic N) is 4. The van der Waals surface area contributed by atoms with Crippen LogP contribution in [0.2, 0.25) is 5.02 Å². The Hall–Kier alpha value is -2.44. The number of imidazole rings is 1. The van der Waals surface area contributed by atoms with E-state index >= 15 is 0 Å². The van der Waals surface area contributed by atoms with E-state index in [-0.39, 0.29) is 0 Å². The average Bonchev–Trinajstić information content (AvgIpc) is 3.04. The lowest BCUT2D eigenvalue weighted by molar-refractivity contribution is 0.197. The van der Waals surface area contributed by atoms with Crippen molar-refractivity contribution in [2.24, 2.45) is 7.05 Å². The standard InChI is InChI=1S/C18H20ClN5O/c1-24-9-8-20-17(24)16-15(13-5-3-6-14(19)11-13)12-22-18(23-16)21-7-4-10-25-2/h3,5-6,8-9,11-12H,4,7,10H2,1-2H3,(H,21,22,23). The molecule has 0 saturated heterocycles. The molecule has 0 atom stereocenters. The van der Waals surface area contributed by atoms with E-state index in [0.29, 0.717) is 17.6 Å². The first-order chi connectivity index (χ1) is 12.2. The quantitative estimate of drug-likeness (QED) is 0.654. The number of methoxy groups -OCH3 is 1. The molecular weight excluding hydrogens is 338 g/mol. The maximum absolute atomic E-state index is 6.15. The largest absolute Gasteiger partial charge is 0.385 e. The summed E-state index contributed by atoms with van der Waals surface area (Å²) in [5.41, 5.74) is 2.61. The molecule has 0 fully saturated rings. The lowest BCUT2D eigenvalue weighted by Gasteiger charge is -2.12. The van der Waals surface area contributed by atoms with E-state index in [0.717, 1.165) is 35.6 Å². The second-order valence-corrected chi connectivity index (χ2v) is 6.04. The topological polar surface area (TPSA) is 64.9 Å². The number of aromatic nitrogens is 4. The Bertz CT molecular complexity index is 849. The Morgan fingerprint density at radius 1 is 1.28 bits per heavy atom. The van der Waals surface area contributed by atoms with Crippen LogP contribution >= 0.6 is 11.6 Å². The second kappa shape index (κ2) is 8.09. The van der Waals surface area contributed by atoms with Crippen molar-refractivity contribution >= 4 is 17.5 Å². The summed E-state index contributed by atoms with van der Waals surface area (Å²) in [6.45, 7) is 1.43. The molecule has 0 aliphatic rings. The van der Waals surface area contributed by atoms with E-state index in [4.69, 9.17) is 21.3 Å². The summed E-state index contributed by atoms with van der Waals surface area (Å²) in [6, 6.07) is 7.65. The van der Waals surface area contributed by atoms with Gasteiger partial charge in [-0.3, -0.25) is 0 Å². The van der Waals surface area contributed by atoms with Crippen molar-refractivity contribution in [3.8, 4) is 22.6 Å². The van der Waals surface area contributed by atoms with Crippen LogP contribution in [-0.2, 0) is 11.8 Å². The molecular formula is C18H20ClN5O. The summed E-state index contributed by atoms with van der Waals surface area (Å²) in [5.74, 6) is 1.34. The highest BCUT2D eigenvalue weighted by Gasteiger charge is 2.15. The number of ether oxygens (including phenoxy) is 1. The maximum Gasteiger partial charge on any atom is 0.223 e. The number of aryl methyl sites for hydroxylation is 1. The SMILES string of the molecule is COCCCNc1ncc(-c2cccc(Cl)c2)c(-c2nccn2C)n1. The Morgan fingerprint density at radius 2 is 2.16 bits per heavy atom. The van der Waals surface area contributed by atoms with E-state index in [9.17, 15) is 0 Å². The van der Waals surface area contributed by atoms with Gasteiger partial charge >= 0.3 is 0 Å². The molecule has 3 rings (SSSR count). The molecule has 130 valence electrons. The summed E-state index contributed by atoms with van der Waals surface area (Å²) in [6.07, 6.45) is 6.34. The number of nitrogens with one attached hydrogen (secondary N) is 1. The zero-order valence-corrected chi connectivity index (χ0v) is 15.0. The minimum absolute atomic E-state index is 0.569. The smallest absolute Gasteiger partial charge is 0.223 e. The zero-order valence-electron chi connectivity index (χ0n) is 14.2. The van der Waals surface area contributed by atoms with Gasteiger partial charge in [0.15, 0.2) is 5.82 Å². The molecule has 6 nitrogen and oxygen atoms in total. The number of rotatable bonds is 7. The van der Waals surface area contributed by atoms with Gasteiger partial charge in [0, 0.05) is 56.5 Å². The van der Waals surface area contributed by atoms with Crippen molar-refractivity contribution in [2.45, 2.75) is 6.42 Å². The Kier molecular flexibility index (Phi) is 5.63. The molecule has 2 aromatic heterocycles. The highest BCUT2D eigenvalue weighted by Crippen LogP contribution is 2.31. The third-order valence-electron chi connectivity index (χ3n) is 3.77. The fraction of sp³-hybridized carbons (Fsp3) is 0.278. The summed E-state index contributed by atoms with van der Waals surface area (Å²) < 4.78 is 7.00. The first-order valence-electron chi connectivity index (χ1n) is 8.02. The third kappa shape index (κ3) is 4.15.